The molecule has 2 aromatic heterocycles. The topological polar surface area (TPSA) is 78.3 Å². The van der Waals surface area contributed by atoms with E-state index in [9.17, 15) is 4.79 Å². The van der Waals surface area contributed by atoms with E-state index in [2.05, 4.69) is 15.4 Å². The zero-order valence-corrected chi connectivity index (χ0v) is 14.0. The van der Waals surface area contributed by atoms with E-state index in [1.165, 1.54) is 0 Å². The summed E-state index contributed by atoms with van der Waals surface area (Å²) in [7, 11) is 0. The monoisotopic (exact) mass is 350 g/mol. The number of hydrogen-bond acceptors (Lipinski definition) is 5. The number of aromatic nitrogens is 3. The van der Waals surface area contributed by atoms with Gasteiger partial charge in [-0.3, -0.25) is 14.5 Å². The lowest BCUT2D eigenvalue weighted by atomic mass is 10.2. The number of para-hydroxylation sites is 2. The normalized spacial score (nSPS) is 15.5. The summed E-state index contributed by atoms with van der Waals surface area (Å²) >= 11 is 0. The summed E-state index contributed by atoms with van der Waals surface area (Å²) in [6, 6.07) is 14.9. The molecule has 1 aliphatic heterocycles. The van der Waals surface area contributed by atoms with Gasteiger partial charge in [0.25, 0.3) is 5.91 Å². The van der Waals surface area contributed by atoms with Crippen LogP contribution in [0.3, 0.4) is 0 Å². The predicted octanol–water partition coefficient (Wildman–Crippen LogP) is 1.90. The Bertz CT molecular complexity index is 895. The number of carbonyl (C=O) groups excluding carboxylic acids is 1. The lowest BCUT2D eigenvalue weighted by molar-refractivity contribution is -0.130. The summed E-state index contributed by atoms with van der Waals surface area (Å²) < 4.78 is 13.0. The van der Waals surface area contributed by atoms with Gasteiger partial charge in [0.2, 0.25) is 6.10 Å². The maximum Gasteiger partial charge on any atom is 0.264 e. The number of ether oxygens (including phenoxy) is 2. The van der Waals surface area contributed by atoms with Crippen molar-refractivity contribution in [3.8, 4) is 22.9 Å². The van der Waals surface area contributed by atoms with E-state index in [0.29, 0.717) is 24.6 Å². The van der Waals surface area contributed by atoms with Crippen LogP contribution >= 0.6 is 0 Å². The molecule has 1 N–H and O–H groups in total. The molecule has 0 bridgehead atoms. The minimum absolute atomic E-state index is 0.198. The first-order valence-corrected chi connectivity index (χ1v) is 8.41. The minimum Gasteiger partial charge on any atom is -0.485 e. The highest BCUT2D eigenvalue weighted by molar-refractivity contribution is 5.81. The molecule has 3 aromatic rings. The van der Waals surface area contributed by atoms with Gasteiger partial charge in [-0.1, -0.05) is 18.2 Å². The van der Waals surface area contributed by atoms with Crippen LogP contribution in [0.5, 0.6) is 11.5 Å². The fourth-order valence-electron chi connectivity index (χ4n) is 2.69. The van der Waals surface area contributed by atoms with E-state index in [4.69, 9.17) is 9.47 Å². The third-order valence-electron chi connectivity index (χ3n) is 4.01. The van der Waals surface area contributed by atoms with Crippen molar-refractivity contribution in [1.29, 1.82) is 0 Å². The van der Waals surface area contributed by atoms with Gasteiger partial charge in [0.05, 0.1) is 12.2 Å². The molecule has 1 aliphatic rings. The molecule has 4 rings (SSSR count). The average Bonchev–Trinajstić information content (AvgIpc) is 3.17. The highest BCUT2D eigenvalue weighted by Crippen LogP contribution is 2.30. The Balaban J connectivity index is 1.29. The molecule has 0 saturated carbocycles. The third kappa shape index (κ3) is 3.51. The van der Waals surface area contributed by atoms with E-state index < -0.39 is 6.10 Å². The van der Waals surface area contributed by atoms with Crippen LogP contribution in [0.2, 0.25) is 0 Å². The number of benzene rings is 1. The first-order valence-electron chi connectivity index (χ1n) is 8.41. The van der Waals surface area contributed by atoms with Gasteiger partial charge in [-0.15, -0.1) is 0 Å². The standard InChI is InChI=1S/C19H18N4O3/c24-19(18-13-25-16-6-1-2-7-17(16)26-18)21-10-12-23-11-8-15(22-23)14-5-3-4-9-20-14/h1-9,11,18H,10,12-13H2,(H,21,24)/t18-/m1/s1. The molecule has 0 aliphatic carbocycles. The van der Waals surface area contributed by atoms with Crippen molar-refractivity contribution in [2.45, 2.75) is 12.6 Å². The summed E-state index contributed by atoms with van der Waals surface area (Å²) in [5, 5.41) is 7.33. The van der Waals surface area contributed by atoms with E-state index >= 15 is 0 Å². The van der Waals surface area contributed by atoms with Crippen molar-refractivity contribution in [2.75, 3.05) is 13.2 Å². The Kier molecular flexibility index (Phi) is 4.51. The van der Waals surface area contributed by atoms with Crippen molar-refractivity contribution in [1.82, 2.24) is 20.1 Å². The summed E-state index contributed by atoms with van der Waals surface area (Å²) in [4.78, 5) is 16.5. The van der Waals surface area contributed by atoms with E-state index in [1.54, 1.807) is 16.9 Å². The molecule has 26 heavy (non-hydrogen) atoms. The fourth-order valence-corrected chi connectivity index (χ4v) is 2.69. The average molecular weight is 350 g/mol. The maximum atomic E-state index is 12.3. The van der Waals surface area contributed by atoms with Crippen molar-refractivity contribution in [3.63, 3.8) is 0 Å². The smallest absolute Gasteiger partial charge is 0.264 e. The molecule has 0 fully saturated rings. The number of fused-ring (bicyclic) bond motifs is 1. The molecule has 7 heteroatoms. The molecular weight excluding hydrogens is 332 g/mol. The summed E-state index contributed by atoms with van der Waals surface area (Å²) in [5.74, 6) is 1.05. The van der Waals surface area contributed by atoms with Gasteiger partial charge in [-0.2, -0.15) is 5.10 Å². The lowest BCUT2D eigenvalue weighted by Gasteiger charge is -2.25. The quantitative estimate of drug-likeness (QED) is 0.760. The highest BCUT2D eigenvalue weighted by Gasteiger charge is 2.26. The van der Waals surface area contributed by atoms with Crippen LogP contribution in [0.25, 0.3) is 11.4 Å². The molecule has 0 radical (unpaired) electrons. The van der Waals surface area contributed by atoms with Crippen LogP contribution in [-0.2, 0) is 11.3 Å². The van der Waals surface area contributed by atoms with E-state index in [0.717, 1.165) is 11.4 Å². The Morgan fingerprint density at radius 1 is 1.12 bits per heavy atom. The van der Waals surface area contributed by atoms with E-state index in [-0.39, 0.29) is 12.5 Å². The Labute approximate surface area is 150 Å². The first-order chi connectivity index (χ1) is 12.8. The SMILES string of the molecule is O=C(NCCn1ccc(-c2ccccn2)n1)[C@H]1COc2ccccc2O1. The Morgan fingerprint density at radius 2 is 1.96 bits per heavy atom. The van der Waals surface area contributed by atoms with Gasteiger partial charge in [-0.05, 0) is 30.3 Å². The van der Waals surface area contributed by atoms with Crippen molar-refractivity contribution < 1.29 is 14.3 Å². The molecular formula is C19H18N4O3. The molecule has 1 atom stereocenters. The van der Waals surface area contributed by atoms with Crippen molar-refractivity contribution in [2.24, 2.45) is 0 Å². The number of pyridine rings is 1. The Morgan fingerprint density at radius 3 is 2.81 bits per heavy atom. The first kappa shape index (κ1) is 16.1. The molecule has 3 heterocycles. The minimum atomic E-state index is -0.647. The van der Waals surface area contributed by atoms with Crippen molar-refractivity contribution >= 4 is 5.91 Å². The predicted molar refractivity (Wildman–Crippen MR) is 94.8 cm³/mol. The lowest BCUT2D eigenvalue weighted by Crippen LogP contribution is -2.44. The molecule has 0 saturated heterocycles. The number of nitrogens with one attached hydrogen (secondary N) is 1. The molecule has 7 nitrogen and oxygen atoms in total. The van der Waals surface area contributed by atoms with Crippen molar-refractivity contribution in [3.05, 3.63) is 60.9 Å². The number of amides is 1. The van der Waals surface area contributed by atoms with E-state index in [1.807, 2.05) is 48.7 Å². The van der Waals surface area contributed by atoms with Gasteiger partial charge in [0.15, 0.2) is 11.5 Å². The van der Waals surface area contributed by atoms with Crippen LogP contribution in [0, 0.1) is 0 Å². The Hall–Kier alpha value is -3.35. The van der Waals surface area contributed by atoms with Gasteiger partial charge in [0.1, 0.15) is 12.3 Å². The van der Waals surface area contributed by atoms with Gasteiger partial charge < -0.3 is 14.8 Å². The molecule has 0 unspecified atom stereocenters. The van der Waals surface area contributed by atoms with Gasteiger partial charge in [-0.25, -0.2) is 0 Å². The zero-order valence-electron chi connectivity index (χ0n) is 14.0. The van der Waals surface area contributed by atoms with Crippen LogP contribution in [0.4, 0.5) is 0 Å². The van der Waals surface area contributed by atoms with Crippen LogP contribution in [0.1, 0.15) is 0 Å². The summed E-state index contributed by atoms with van der Waals surface area (Å²) in [5.41, 5.74) is 1.62. The van der Waals surface area contributed by atoms with Crippen LogP contribution in [-0.4, -0.2) is 39.9 Å². The van der Waals surface area contributed by atoms with Crippen LogP contribution in [0.15, 0.2) is 60.9 Å². The number of nitrogens with zero attached hydrogens (tertiary/aromatic N) is 3. The molecule has 0 spiro atoms. The summed E-state index contributed by atoms with van der Waals surface area (Å²) in [6.07, 6.45) is 2.96. The maximum absolute atomic E-state index is 12.3. The number of hydrogen-bond donors (Lipinski definition) is 1. The highest BCUT2D eigenvalue weighted by atomic mass is 16.6. The molecule has 1 amide bonds. The second-order valence-electron chi connectivity index (χ2n) is 5.83. The van der Waals surface area contributed by atoms with Gasteiger partial charge in [0, 0.05) is 18.9 Å². The second kappa shape index (κ2) is 7.26. The van der Waals surface area contributed by atoms with Crippen LogP contribution < -0.4 is 14.8 Å². The molecule has 132 valence electrons. The largest absolute Gasteiger partial charge is 0.485 e. The second-order valence-corrected chi connectivity index (χ2v) is 5.83. The van der Waals surface area contributed by atoms with Gasteiger partial charge >= 0.3 is 0 Å². The third-order valence-corrected chi connectivity index (χ3v) is 4.01. The number of carbonyl (C=O) groups is 1. The zero-order chi connectivity index (χ0) is 17.8. The fraction of sp³-hybridized carbons (Fsp3) is 0.211. The number of rotatable bonds is 5. The summed E-state index contributed by atoms with van der Waals surface area (Å²) in [6.45, 7) is 1.21. The molecule has 1 aromatic carbocycles.